The van der Waals surface area contributed by atoms with Crippen molar-refractivity contribution >= 4 is 10.0 Å². The van der Waals surface area contributed by atoms with E-state index in [1.165, 1.54) is 11.4 Å². The zero-order valence-electron chi connectivity index (χ0n) is 12.3. The summed E-state index contributed by atoms with van der Waals surface area (Å²) in [5.74, 6) is 0.0938. The van der Waals surface area contributed by atoms with Gasteiger partial charge in [0.15, 0.2) is 0 Å². The van der Waals surface area contributed by atoms with E-state index in [-0.39, 0.29) is 10.6 Å². The van der Waals surface area contributed by atoms with E-state index in [9.17, 15) is 13.5 Å². The van der Waals surface area contributed by atoms with Crippen LogP contribution in [0.1, 0.15) is 24.1 Å². The highest BCUT2D eigenvalue weighted by Gasteiger charge is 2.27. The molecule has 0 saturated carbocycles. The Morgan fingerprint density at radius 3 is 2.38 bits per heavy atom. The lowest BCUT2D eigenvalue weighted by Gasteiger charge is -2.25. The van der Waals surface area contributed by atoms with Gasteiger partial charge in [-0.25, -0.2) is 8.42 Å². The summed E-state index contributed by atoms with van der Waals surface area (Å²) in [7, 11) is -2.08. The molecule has 0 bridgehead atoms. The molecule has 1 N–H and O–H groups in total. The Labute approximate surface area is 125 Å². The maximum Gasteiger partial charge on any atom is 0.243 e. The molecule has 0 fully saturated rings. The third-order valence-corrected chi connectivity index (χ3v) is 5.52. The van der Waals surface area contributed by atoms with Gasteiger partial charge in [0, 0.05) is 12.6 Å². The Morgan fingerprint density at radius 1 is 1.10 bits per heavy atom. The molecular formula is C16H19NO3S. The summed E-state index contributed by atoms with van der Waals surface area (Å²) in [5, 5.41) is 9.89. The van der Waals surface area contributed by atoms with Crippen LogP contribution in [0.5, 0.6) is 5.75 Å². The number of rotatable bonds is 4. The quantitative estimate of drug-likeness (QED) is 0.944. The van der Waals surface area contributed by atoms with Crippen molar-refractivity contribution < 1.29 is 13.5 Å². The van der Waals surface area contributed by atoms with Gasteiger partial charge in [-0.3, -0.25) is 0 Å². The summed E-state index contributed by atoms with van der Waals surface area (Å²) in [6.07, 6.45) is 0. The van der Waals surface area contributed by atoms with Gasteiger partial charge in [0.25, 0.3) is 0 Å². The minimum Gasteiger partial charge on any atom is -0.508 e. The lowest BCUT2D eigenvalue weighted by molar-refractivity contribution is 0.381. The van der Waals surface area contributed by atoms with Gasteiger partial charge in [0.2, 0.25) is 10.0 Å². The molecule has 0 saturated heterocycles. The van der Waals surface area contributed by atoms with E-state index in [0.29, 0.717) is 5.56 Å². The number of para-hydroxylation sites is 1. The first kappa shape index (κ1) is 15.5. The molecule has 0 aromatic heterocycles. The van der Waals surface area contributed by atoms with Crippen molar-refractivity contribution in [1.82, 2.24) is 4.31 Å². The van der Waals surface area contributed by atoms with Crippen LogP contribution >= 0.6 is 0 Å². The van der Waals surface area contributed by atoms with Crippen LogP contribution in [0.3, 0.4) is 0 Å². The fraction of sp³-hybridized carbons (Fsp3) is 0.250. The van der Waals surface area contributed by atoms with Crippen LogP contribution in [0.15, 0.2) is 53.4 Å². The van der Waals surface area contributed by atoms with Crippen LogP contribution in [0, 0.1) is 6.92 Å². The van der Waals surface area contributed by atoms with E-state index in [0.717, 1.165) is 5.56 Å². The van der Waals surface area contributed by atoms with Crippen molar-refractivity contribution in [3.8, 4) is 5.75 Å². The maximum absolute atomic E-state index is 12.7. The van der Waals surface area contributed by atoms with E-state index in [2.05, 4.69) is 0 Å². The Bertz CT molecular complexity index is 741. The van der Waals surface area contributed by atoms with Gasteiger partial charge < -0.3 is 5.11 Å². The van der Waals surface area contributed by atoms with Gasteiger partial charge in [-0.05, 0) is 37.6 Å². The number of benzene rings is 2. The van der Waals surface area contributed by atoms with Crippen molar-refractivity contribution in [2.45, 2.75) is 24.8 Å². The van der Waals surface area contributed by atoms with Gasteiger partial charge in [-0.1, -0.05) is 30.3 Å². The van der Waals surface area contributed by atoms with E-state index < -0.39 is 16.1 Å². The van der Waals surface area contributed by atoms with Gasteiger partial charge >= 0.3 is 0 Å². The molecule has 1 unspecified atom stereocenters. The monoisotopic (exact) mass is 305 g/mol. The number of aromatic hydroxyl groups is 1. The van der Waals surface area contributed by atoms with Crippen molar-refractivity contribution in [3.63, 3.8) is 0 Å². The highest BCUT2D eigenvalue weighted by atomic mass is 32.2. The smallest absolute Gasteiger partial charge is 0.243 e. The average Bonchev–Trinajstić information content (AvgIpc) is 2.46. The first-order valence-corrected chi connectivity index (χ1v) is 8.10. The first-order chi connectivity index (χ1) is 9.84. The summed E-state index contributed by atoms with van der Waals surface area (Å²) in [6.45, 7) is 3.61. The average molecular weight is 305 g/mol. The zero-order valence-corrected chi connectivity index (χ0v) is 13.1. The van der Waals surface area contributed by atoms with Crippen molar-refractivity contribution in [2.24, 2.45) is 0 Å². The van der Waals surface area contributed by atoms with Gasteiger partial charge in [-0.15, -0.1) is 0 Å². The second kappa shape index (κ2) is 5.87. The van der Waals surface area contributed by atoms with Crippen LogP contribution < -0.4 is 0 Å². The molecule has 4 nitrogen and oxygen atoms in total. The Balaban J connectivity index is 2.39. The molecule has 112 valence electrons. The fourth-order valence-corrected chi connectivity index (χ4v) is 3.63. The molecule has 21 heavy (non-hydrogen) atoms. The van der Waals surface area contributed by atoms with Crippen LogP contribution in [-0.2, 0) is 10.0 Å². The number of hydrogen-bond acceptors (Lipinski definition) is 3. The maximum atomic E-state index is 12.7. The van der Waals surface area contributed by atoms with Crippen LogP contribution in [0.2, 0.25) is 0 Å². The summed E-state index contributed by atoms with van der Waals surface area (Å²) < 4.78 is 26.6. The molecule has 0 heterocycles. The van der Waals surface area contributed by atoms with E-state index in [1.807, 2.05) is 13.0 Å². The first-order valence-electron chi connectivity index (χ1n) is 6.66. The molecule has 0 aliphatic rings. The number of aryl methyl sites for hydroxylation is 1. The summed E-state index contributed by atoms with van der Waals surface area (Å²) in [6, 6.07) is 13.1. The molecule has 2 aromatic rings. The molecule has 0 radical (unpaired) electrons. The number of sulfonamides is 1. The van der Waals surface area contributed by atoms with Crippen molar-refractivity contribution in [3.05, 3.63) is 59.7 Å². The number of phenolic OH excluding ortho intramolecular Hbond substituents is 1. The summed E-state index contributed by atoms with van der Waals surface area (Å²) in [4.78, 5) is 0.257. The molecule has 0 spiro atoms. The van der Waals surface area contributed by atoms with E-state index in [4.69, 9.17) is 0 Å². The number of phenols is 1. The summed E-state index contributed by atoms with van der Waals surface area (Å²) >= 11 is 0. The second-order valence-electron chi connectivity index (χ2n) is 5.07. The largest absolute Gasteiger partial charge is 0.508 e. The normalized spacial score (nSPS) is 13.3. The Hall–Kier alpha value is -1.85. The lowest BCUT2D eigenvalue weighted by Crippen LogP contribution is -2.29. The standard InChI is InChI=1S/C16H19NO3S/c1-12-7-6-8-14(11-12)21(19,20)17(3)13(2)15-9-4-5-10-16(15)18/h4-11,13,18H,1-3H3. The molecule has 2 aromatic carbocycles. The van der Waals surface area contributed by atoms with Gasteiger partial charge in [-0.2, -0.15) is 4.31 Å². The van der Waals surface area contributed by atoms with E-state index >= 15 is 0 Å². The van der Waals surface area contributed by atoms with Crippen molar-refractivity contribution in [1.29, 1.82) is 0 Å². The van der Waals surface area contributed by atoms with Crippen molar-refractivity contribution in [2.75, 3.05) is 7.05 Å². The molecule has 0 aliphatic carbocycles. The topological polar surface area (TPSA) is 57.6 Å². The number of hydrogen-bond donors (Lipinski definition) is 1. The third kappa shape index (κ3) is 3.09. The highest BCUT2D eigenvalue weighted by molar-refractivity contribution is 7.89. The predicted octanol–water partition coefficient (Wildman–Crippen LogP) is 3.08. The highest BCUT2D eigenvalue weighted by Crippen LogP contribution is 2.30. The molecule has 2 rings (SSSR count). The fourth-order valence-electron chi connectivity index (χ4n) is 2.19. The Kier molecular flexibility index (Phi) is 4.34. The van der Waals surface area contributed by atoms with Gasteiger partial charge in [0.05, 0.1) is 10.9 Å². The van der Waals surface area contributed by atoms with Crippen LogP contribution in [0.25, 0.3) is 0 Å². The van der Waals surface area contributed by atoms with E-state index in [1.54, 1.807) is 49.4 Å². The predicted molar refractivity (Wildman–Crippen MR) is 82.6 cm³/mol. The molecular weight excluding hydrogens is 286 g/mol. The minimum absolute atomic E-state index is 0.0938. The second-order valence-corrected chi connectivity index (χ2v) is 7.07. The lowest BCUT2D eigenvalue weighted by atomic mass is 10.1. The molecule has 0 amide bonds. The minimum atomic E-state index is -3.60. The third-order valence-electron chi connectivity index (χ3n) is 3.60. The molecule has 0 aliphatic heterocycles. The zero-order chi connectivity index (χ0) is 15.6. The Morgan fingerprint density at radius 2 is 1.76 bits per heavy atom. The number of nitrogens with zero attached hydrogens (tertiary/aromatic N) is 1. The molecule has 1 atom stereocenters. The SMILES string of the molecule is Cc1cccc(S(=O)(=O)N(C)C(C)c2ccccc2O)c1. The van der Waals surface area contributed by atoms with Crippen LogP contribution in [0.4, 0.5) is 0 Å². The summed E-state index contributed by atoms with van der Waals surface area (Å²) in [5.41, 5.74) is 1.47. The molecule has 5 heteroatoms. The van der Waals surface area contributed by atoms with Crippen LogP contribution in [-0.4, -0.2) is 24.9 Å². The van der Waals surface area contributed by atoms with Gasteiger partial charge in [0.1, 0.15) is 5.75 Å².